The number of nitrogens with one attached hydrogen (secondary N) is 1. The minimum atomic E-state index is 0.0148. The Bertz CT molecular complexity index is 462. The number of aromatic nitrogens is 1. The summed E-state index contributed by atoms with van der Waals surface area (Å²) in [4.78, 5) is 25.1. The predicted molar refractivity (Wildman–Crippen MR) is 68.5 cm³/mol. The Morgan fingerprint density at radius 1 is 1.42 bits per heavy atom. The smallest absolute Gasteiger partial charge is 0.222 e. The van der Waals surface area contributed by atoms with Crippen molar-refractivity contribution >= 4 is 11.8 Å². The monoisotopic (exact) mass is 265 g/mol. The molecule has 1 aromatic heterocycles. The minimum absolute atomic E-state index is 0.0148. The van der Waals surface area contributed by atoms with Crippen LogP contribution in [-0.4, -0.2) is 41.5 Å². The molecule has 0 aromatic carbocycles. The highest BCUT2D eigenvalue weighted by Crippen LogP contribution is 2.15. The predicted octanol–water partition coefficient (Wildman–Crippen LogP) is 0.573. The van der Waals surface area contributed by atoms with Crippen molar-refractivity contribution in [2.75, 3.05) is 19.6 Å². The average molecular weight is 265 g/mol. The summed E-state index contributed by atoms with van der Waals surface area (Å²) in [5.41, 5.74) is 1.86. The van der Waals surface area contributed by atoms with Crippen LogP contribution in [0.5, 0.6) is 0 Å². The normalized spacial score (nSPS) is 16.1. The Balaban J connectivity index is 1.89. The molecule has 1 N–H and O–H groups in total. The first-order valence-electron chi connectivity index (χ1n) is 6.54. The Kier molecular flexibility index (Phi) is 4.19. The molecule has 0 atom stereocenters. The molecular weight excluding hydrogens is 246 g/mol. The number of carbonyl (C=O) groups excluding carboxylic acids is 2. The molecule has 0 spiro atoms. The molecule has 1 fully saturated rings. The van der Waals surface area contributed by atoms with Gasteiger partial charge in [-0.1, -0.05) is 5.16 Å². The van der Waals surface area contributed by atoms with Crippen molar-refractivity contribution in [2.45, 2.75) is 33.1 Å². The largest absolute Gasteiger partial charge is 0.361 e. The molecule has 104 valence electrons. The molecule has 1 aromatic rings. The van der Waals surface area contributed by atoms with Gasteiger partial charge in [0.15, 0.2) is 0 Å². The van der Waals surface area contributed by atoms with Crippen LogP contribution in [0.15, 0.2) is 4.52 Å². The van der Waals surface area contributed by atoms with Crippen molar-refractivity contribution in [2.24, 2.45) is 0 Å². The molecule has 2 rings (SSSR count). The van der Waals surface area contributed by atoms with Crippen LogP contribution in [0.2, 0.25) is 0 Å². The zero-order chi connectivity index (χ0) is 13.8. The van der Waals surface area contributed by atoms with Gasteiger partial charge in [0.2, 0.25) is 11.8 Å². The van der Waals surface area contributed by atoms with Crippen molar-refractivity contribution in [3.63, 3.8) is 0 Å². The molecule has 6 nitrogen and oxygen atoms in total. The molecule has 1 aliphatic rings. The summed E-state index contributed by atoms with van der Waals surface area (Å²) in [5.74, 6) is 0.871. The molecule has 1 saturated heterocycles. The van der Waals surface area contributed by atoms with E-state index in [0.717, 1.165) is 17.0 Å². The van der Waals surface area contributed by atoms with Crippen LogP contribution < -0.4 is 5.32 Å². The molecule has 0 unspecified atom stereocenters. The number of hydrogen-bond donors (Lipinski definition) is 1. The molecule has 0 saturated carbocycles. The van der Waals surface area contributed by atoms with Gasteiger partial charge in [0.25, 0.3) is 0 Å². The van der Waals surface area contributed by atoms with Gasteiger partial charge in [-0.25, -0.2) is 0 Å². The van der Waals surface area contributed by atoms with Gasteiger partial charge >= 0.3 is 0 Å². The van der Waals surface area contributed by atoms with Crippen LogP contribution in [0, 0.1) is 13.8 Å². The van der Waals surface area contributed by atoms with Crippen LogP contribution in [0.25, 0.3) is 0 Å². The third kappa shape index (κ3) is 3.33. The molecule has 19 heavy (non-hydrogen) atoms. The lowest BCUT2D eigenvalue weighted by molar-refractivity contribution is -0.131. The van der Waals surface area contributed by atoms with Crippen LogP contribution in [0.3, 0.4) is 0 Å². The first-order chi connectivity index (χ1) is 9.08. The highest BCUT2D eigenvalue weighted by molar-refractivity contribution is 5.80. The maximum absolute atomic E-state index is 12.1. The average Bonchev–Trinajstić information content (AvgIpc) is 2.58. The highest BCUT2D eigenvalue weighted by Gasteiger charge is 2.19. The Hall–Kier alpha value is -1.85. The fourth-order valence-electron chi connectivity index (χ4n) is 2.27. The van der Waals surface area contributed by atoms with Gasteiger partial charge < -0.3 is 14.7 Å². The van der Waals surface area contributed by atoms with E-state index < -0.39 is 0 Å². The van der Waals surface area contributed by atoms with E-state index in [4.69, 9.17) is 4.52 Å². The number of rotatable bonds is 3. The van der Waals surface area contributed by atoms with Crippen LogP contribution in [-0.2, 0) is 16.0 Å². The maximum Gasteiger partial charge on any atom is 0.222 e. The molecule has 0 aliphatic carbocycles. The van der Waals surface area contributed by atoms with E-state index in [2.05, 4.69) is 10.5 Å². The number of aryl methyl sites for hydroxylation is 2. The third-order valence-electron chi connectivity index (χ3n) is 3.44. The molecule has 1 aliphatic heterocycles. The molecule has 6 heteroatoms. The summed E-state index contributed by atoms with van der Waals surface area (Å²) in [6.45, 7) is 5.37. The summed E-state index contributed by atoms with van der Waals surface area (Å²) in [6.07, 6.45) is 1.45. The second-order valence-electron chi connectivity index (χ2n) is 4.78. The summed E-state index contributed by atoms with van der Waals surface area (Å²) in [5, 5.41) is 6.64. The summed E-state index contributed by atoms with van der Waals surface area (Å²) in [7, 11) is 0. The van der Waals surface area contributed by atoms with Crippen molar-refractivity contribution in [3.05, 3.63) is 17.0 Å². The molecule has 2 heterocycles. The van der Waals surface area contributed by atoms with E-state index >= 15 is 0 Å². The second-order valence-corrected chi connectivity index (χ2v) is 4.78. The van der Waals surface area contributed by atoms with E-state index in [9.17, 15) is 9.59 Å². The quantitative estimate of drug-likeness (QED) is 0.867. The summed E-state index contributed by atoms with van der Waals surface area (Å²) in [6, 6.07) is 0. The van der Waals surface area contributed by atoms with Gasteiger partial charge in [-0.15, -0.1) is 0 Å². The minimum Gasteiger partial charge on any atom is -0.361 e. The standard InChI is InChI=1S/C13H19N3O3/c1-9-11(10(2)19-15-9)3-4-13(18)16-7-5-12(17)14-6-8-16/h3-8H2,1-2H3,(H,14,17). The number of amides is 2. The Morgan fingerprint density at radius 3 is 2.89 bits per heavy atom. The Labute approximate surface area is 112 Å². The maximum atomic E-state index is 12.1. The fraction of sp³-hybridized carbons (Fsp3) is 0.615. The number of carbonyl (C=O) groups is 2. The van der Waals surface area contributed by atoms with Gasteiger partial charge in [-0.05, 0) is 20.3 Å². The van der Waals surface area contributed by atoms with E-state index in [1.165, 1.54) is 0 Å². The van der Waals surface area contributed by atoms with E-state index in [1.54, 1.807) is 4.90 Å². The van der Waals surface area contributed by atoms with Crippen LogP contribution in [0.1, 0.15) is 29.9 Å². The zero-order valence-corrected chi connectivity index (χ0v) is 11.4. The van der Waals surface area contributed by atoms with E-state index in [0.29, 0.717) is 38.9 Å². The highest BCUT2D eigenvalue weighted by atomic mass is 16.5. The van der Waals surface area contributed by atoms with Crippen molar-refractivity contribution in [1.29, 1.82) is 0 Å². The number of hydrogen-bond acceptors (Lipinski definition) is 4. The topological polar surface area (TPSA) is 75.4 Å². The third-order valence-corrected chi connectivity index (χ3v) is 3.44. The summed E-state index contributed by atoms with van der Waals surface area (Å²) >= 11 is 0. The first kappa shape index (κ1) is 13.6. The van der Waals surface area contributed by atoms with Crippen molar-refractivity contribution in [1.82, 2.24) is 15.4 Å². The van der Waals surface area contributed by atoms with Gasteiger partial charge in [-0.2, -0.15) is 0 Å². The summed E-state index contributed by atoms with van der Waals surface area (Å²) < 4.78 is 5.08. The Morgan fingerprint density at radius 2 is 2.21 bits per heavy atom. The van der Waals surface area contributed by atoms with Crippen LogP contribution >= 0.6 is 0 Å². The lowest BCUT2D eigenvalue weighted by Gasteiger charge is -2.19. The van der Waals surface area contributed by atoms with Crippen molar-refractivity contribution in [3.8, 4) is 0 Å². The molecule has 2 amide bonds. The van der Waals surface area contributed by atoms with Crippen LogP contribution in [0.4, 0.5) is 0 Å². The lowest BCUT2D eigenvalue weighted by Crippen LogP contribution is -2.34. The molecular formula is C13H19N3O3. The van der Waals surface area contributed by atoms with Gasteiger partial charge in [0, 0.05) is 38.0 Å². The molecule has 0 bridgehead atoms. The van der Waals surface area contributed by atoms with Gasteiger partial charge in [0.1, 0.15) is 5.76 Å². The fourth-order valence-corrected chi connectivity index (χ4v) is 2.27. The van der Waals surface area contributed by atoms with E-state index in [1.807, 2.05) is 13.8 Å². The lowest BCUT2D eigenvalue weighted by atomic mass is 10.1. The van der Waals surface area contributed by atoms with Crippen molar-refractivity contribution < 1.29 is 14.1 Å². The van der Waals surface area contributed by atoms with E-state index in [-0.39, 0.29) is 11.8 Å². The first-order valence-corrected chi connectivity index (χ1v) is 6.54. The SMILES string of the molecule is Cc1noc(C)c1CCC(=O)N1CCNC(=O)CC1. The molecule has 0 radical (unpaired) electrons. The zero-order valence-electron chi connectivity index (χ0n) is 11.4. The van der Waals surface area contributed by atoms with Gasteiger partial charge in [0.05, 0.1) is 5.69 Å². The second kappa shape index (κ2) is 5.86. The van der Waals surface area contributed by atoms with Gasteiger partial charge in [-0.3, -0.25) is 9.59 Å². The number of nitrogens with zero attached hydrogens (tertiary/aromatic N) is 2.